The second-order valence-electron chi connectivity index (χ2n) is 6.57. The molecule has 6 nitrogen and oxygen atoms in total. The molecule has 2 N–H and O–H groups in total. The monoisotopic (exact) mass is 326 g/mol. The van der Waals surface area contributed by atoms with Gasteiger partial charge in [-0.25, -0.2) is 0 Å². The summed E-state index contributed by atoms with van der Waals surface area (Å²) < 4.78 is 1.31. The number of aromatic hydroxyl groups is 2. The number of carbonyl (C=O) groups excluding carboxylic acids is 2. The zero-order valence-corrected chi connectivity index (χ0v) is 13.2. The molecule has 4 rings (SSSR count). The van der Waals surface area contributed by atoms with Gasteiger partial charge in [0.2, 0.25) is 23.3 Å². The molecule has 24 heavy (non-hydrogen) atoms. The predicted molar refractivity (Wildman–Crippen MR) is 85.4 cm³/mol. The van der Waals surface area contributed by atoms with E-state index < -0.39 is 11.6 Å². The van der Waals surface area contributed by atoms with Crippen LogP contribution in [0, 0.1) is 5.92 Å². The molecule has 2 aliphatic carbocycles. The molecule has 6 heteroatoms. The third kappa shape index (κ3) is 2.06. The summed E-state index contributed by atoms with van der Waals surface area (Å²) in [5.74, 6) is -1.31. The SMILES string of the molecule is O=C1c2cccnc2C(=O)c2c1c(O)n(CC1CCCCC1)c2O. The van der Waals surface area contributed by atoms with E-state index in [0.29, 0.717) is 12.5 Å². The summed E-state index contributed by atoms with van der Waals surface area (Å²) in [4.78, 5) is 29.3. The third-order valence-electron chi connectivity index (χ3n) is 5.10. The van der Waals surface area contributed by atoms with Crippen LogP contribution in [0.4, 0.5) is 0 Å². The van der Waals surface area contributed by atoms with Crippen LogP contribution in [0.15, 0.2) is 18.3 Å². The van der Waals surface area contributed by atoms with E-state index in [4.69, 9.17) is 0 Å². The molecule has 2 aliphatic rings. The van der Waals surface area contributed by atoms with E-state index in [0.717, 1.165) is 25.7 Å². The van der Waals surface area contributed by atoms with Crippen LogP contribution in [0.5, 0.6) is 11.8 Å². The van der Waals surface area contributed by atoms with Crippen molar-refractivity contribution in [3.05, 3.63) is 40.7 Å². The molecule has 0 aliphatic heterocycles. The lowest BCUT2D eigenvalue weighted by Gasteiger charge is -2.22. The van der Waals surface area contributed by atoms with E-state index in [1.807, 2.05) is 0 Å². The van der Waals surface area contributed by atoms with Crippen molar-refractivity contribution in [2.45, 2.75) is 38.6 Å². The minimum absolute atomic E-state index is 0.0279. The van der Waals surface area contributed by atoms with Crippen LogP contribution in [0.25, 0.3) is 0 Å². The van der Waals surface area contributed by atoms with Gasteiger partial charge in [-0.3, -0.25) is 19.1 Å². The number of ketones is 2. The number of pyridine rings is 1. The largest absolute Gasteiger partial charge is 0.494 e. The summed E-state index contributed by atoms with van der Waals surface area (Å²) in [6.07, 6.45) is 6.93. The average Bonchev–Trinajstić information content (AvgIpc) is 2.86. The van der Waals surface area contributed by atoms with Gasteiger partial charge in [-0.15, -0.1) is 0 Å². The molecule has 0 spiro atoms. The van der Waals surface area contributed by atoms with Crippen LogP contribution in [0.3, 0.4) is 0 Å². The number of fused-ring (bicyclic) bond motifs is 2. The van der Waals surface area contributed by atoms with Crippen LogP contribution in [-0.4, -0.2) is 31.3 Å². The van der Waals surface area contributed by atoms with E-state index in [9.17, 15) is 19.8 Å². The fourth-order valence-corrected chi connectivity index (χ4v) is 3.85. The Morgan fingerprint density at radius 1 is 1.04 bits per heavy atom. The summed E-state index contributed by atoms with van der Waals surface area (Å²) in [7, 11) is 0. The van der Waals surface area contributed by atoms with Gasteiger partial charge in [-0.2, -0.15) is 0 Å². The van der Waals surface area contributed by atoms with E-state index in [-0.39, 0.29) is 34.1 Å². The van der Waals surface area contributed by atoms with Gasteiger partial charge in [0.05, 0.1) is 11.1 Å². The van der Waals surface area contributed by atoms with Crippen molar-refractivity contribution in [2.24, 2.45) is 5.92 Å². The van der Waals surface area contributed by atoms with Crippen molar-refractivity contribution >= 4 is 11.6 Å². The van der Waals surface area contributed by atoms with E-state index in [1.165, 1.54) is 23.3 Å². The quantitative estimate of drug-likeness (QED) is 0.755. The highest BCUT2D eigenvalue weighted by Gasteiger charge is 2.39. The van der Waals surface area contributed by atoms with Crippen molar-refractivity contribution in [2.75, 3.05) is 0 Å². The molecule has 0 saturated heterocycles. The summed E-state index contributed by atoms with van der Waals surface area (Å²) in [5.41, 5.74) is -0.0337. The van der Waals surface area contributed by atoms with Gasteiger partial charge in [0.15, 0.2) is 0 Å². The lowest BCUT2D eigenvalue weighted by atomic mass is 9.89. The molecule has 2 aromatic heterocycles. The zero-order valence-electron chi connectivity index (χ0n) is 13.2. The first-order valence-corrected chi connectivity index (χ1v) is 8.28. The first kappa shape index (κ1) is 14.9. The number of aromatic nitrogens is 2. The standard InChI is InChI=1S/C18H18N2O4/c21-15-11-7-4-8-19-14(11)16(22)13-12(15)17(23)20(18(13)24)9-10-5-2-1-3-6-10/h4,7-8,10,23-24H,1-3,5-6,9H2. The van der Waals surface area contributed by atoms with Crippen LogP contribution in [0.2, 0.25) is 0 Å². The van der Waals surface area contributed by atoms with E-state index >= 15 is 0 Å². The second-order valence-corrected chi connectivity index (χ2v) is 6.57. The maximum atomic E-state index is 12.7. The summed E-state index contributed by atoms with van der Waals surface area (Å²) in [6.45, 7) is 0.412. The Labute approximate surface area is 138 Å². The van der Waals surface area contributed by atoms with Crippen LogP contribution in [-0.2, 0) is 6.54 Å². The van der Waals surface area contributed by atoms with Gasteiger partial charge < -0.3 is 10.2 Å². The van der Waals surface area contributed by atoms with Crippen molar-refractivity contribution < 1.29 is 19.8 Å². The van der Waals surface area contributed by atoms with Crippen molar-refractivity contribution in [1.29, 1.82) is 0 Å². The van der Waals surface area contributed by atoms with Crippen LogP contribution in [0.1, 0.15) is 64.1 Å². The van der Waals surface area contributed by atoms with Gasteiger partial charge in [-0.1, -0.05) is 19.3 Å². The number of hydrogen-bond acceptors (Lipinski definition) is 5. The molecule has 0 unspecified atom stereocenters. The Balaban J connectivity index is 1.80. The smallest absolute Gasteiger partial charge is 0.218 e. The zero-order chi connectivity index (χ0) is 16.8. The number of rotatable bonds is 2. The Morgan fingerprint density at radius 3 is 2.42 bits per heavy atom. The van der Waals surface area contributed by atoms with E-state index in [1.54, 1.807) is 6.07 Å². The summed E-state index contributed by atoms with van der Waals surface area (Å²) >= 11 is 0. The van der Waals surface area contributed by atoms with Gasteiger partial charge in [0, 0.05) is 12.7 Å². The predicted octanol–water partition coefficient (Wildman–Crippen LogP) is 2.65. The first-order valence-electron chi connectivity index (χ1n) is 8.28. The molecule has 124 valence electrons. The number of carbonyl (C=O) groups is 2. The van der Waals surface area contributed by atoms with Crippen molar-refractivity contribution in [3.8, 4) is 11.8 Å². The molecule has 0 radical (unpaired) electrons. The number of nitrogens with zero attached hydrogens (tertiary/aromatic N) is 2. The van der Waals surface area contributed by atoms with Crippen molar-refractivity contribution in [1.82, 2.24) is 9.55 Å². The van der Waals surface area contributed by atoms with Crippen LogP contribution < -0.4 is 0 Å². The molecule has 1 fully saturated rings. The highest BCUT2D eigenvalue weighted by molar-refractivity contribution is 6.29. The van der Waals surface area contributed by atoms with Crippen LogP contribution >= 0.6 is 0 Å². The molecule has 2 aromatic rings. The van der Waals surface area contributed by atoms with E-state index in [2.05, 4.69) is 4.98 Å². The molecule has 0 aromatic carbocycles. The maximum Gasteiger partial charge on any atom is 0.218 e. The molecular formula is C18H18N2O4. The topological polar surface area (TPSA) is 92.4 Å². The fraction of sp³-hybridized carbons (Fsp3) is 0.389. The molecule has 0 bridgehead atoms. The molecule has 2 heterocycles. The van der Waals surface area contributed by atoms with Crippen molar-refractivity contribution in [3.63, 3.8) is 0 Å². The molecule has 0 amide bonds. The minimum Gasteiger partial charge on any atom is -0.494 e. The Hall–Kier alpha value is -2.63. The van der Waals surface area contributed by atoms with Gasteiger partial charge in [-0.05, 0) is 30.9 Å². The molecule has 0 atom stereocenters. The Kier molecular flexibility index (Phi) is 3.40. The lowest BCUT2D eigenvalue weighted by molar-refractivity contribution is 0.0972. The summed E-state index contributed by atoms with van der Waals surface area (Å²) in [5, 5.41) is 21.0. The third-order valence-corrected chi connectivity index (χ3v) is 5.10. The Morgan fingerprint density at radius 2 is 1.71 bits per heavy atom. The summed E-state index contributed by atoms with van der Waals surface area (Å²) in [6, 6.07) is 3.09. The molecular weight excluding hydrogens is 308 g/mol. The first-order chi connectivity index (χ1) is 11.6. The minimum atomic E-state index is -0.518. The number of hydrogen-bond donors (Lipinski definition) is 2. The average molecular weight is 326 g/mol. The van der Waals surface area contributed by atoms with Gasteiger partial charge >= 0.3 is 0 Å². The molecule has 1 saturated carbocycles. The normalized spacial score (nSPS) is 17.7. The highest BCUT2D eigenvalue weighted by Crippen LogP contribution is 2.41. The Bertz CT molecular complexity index is 788. The van der Waals surface area contributed by atoms with Gasteiger partial charge in [0.1, 0.15) is 11.3 Å². The maximum absolute atomic E-state index is 12.7. The second kappa shape index (κ2) is 5.47. The van der Waals surface area contributed by atoms with Gasteiger partial charge in [0.25, 0.3) is 0 Å². The lowest BCUT2D eigenvalue weighted by Crippen LogP contribution is -2.20. The highest BCUT2D eigenvalue weighted by atomic mass is 16.3. The fourth-order valence-electron chi connectivity index (χ4n) is 3.85.